The van der Waals surface area contributed by atoms with Gasteiger partial charge in [-0.3, -0.25) is 9.80 Å². The minimum absolute atomic E-state index is 0.212. The van der Waals surface area contributed by atoms with Crippen LogP contribution >= 0.6 is 11.6 Å². The maximum atomic E-state index is 10.4. The van der Waals surface area contributed by atoms with E-state index in [9.17, 15) is 4.79 Å². The molecule has 0 aliphatic carbocycles. The van der Waals surface area contributed by atoms with Crippen molar-refractivity contribution in [3.63, 3.8) is 0 Å². The summed E-state index contributed by atoms with van der Waals surface area (Å²) >= 11 is 5.91. The van der Waals surface area contributed by atoms with Gasteiger partial charge in [-0.25, -0.2) is 0 Å². The van der Waals surface area contributed by atoms with E-state index in [0.717, 1.165) is 12.2 Å². The summed E-state index contributed by atoms with van der Waals surface area (Å²) in [7, 11) is 0. The SMILES string of the molecule is CC1CN(c2cccc(Cl)c2)N=C1NC=O. The molecule has 1 heterocycles. The van der Waals surface area contributed by atoms with Crippen LogP contribution in [0.3, 0.4) is 0 Å². The Labute approximate surface area is 98.9 Å². The number of hydrogen-bond donors (Lipinski definition) is 1. The summed E-state index contributed by atoms with van der Waals surface area (Å²) < 4.78 is 0. The van der Waals surface area contributed by atoms with E-state index >= 15 is 0 Å². The van der Waals surface area contributed by atoms with Gasteiger partial charge in [-0.2, -0.15) is 5.10 Å². The molecule has 1 aliphatic heterocycles. The average Bonchev–Trinajstić information content (AvgIpc) is 2.61. The lowest BCUT2D eigenvalue weighted by molar-refractivity contribution is -0.108. The molecule has 0 fully saturated rings. The van der Waals surface area contributed by atoms with Crippen LogP contribution in [-0.4, -0.2) is 18.8 Å². The van der Waals surface area contributed by atoms with Gasteiger partial charge in [-0.15, -0.1) is 0 Å². The molecular weight excluding hydrogens is 226 g/mol. The number of nitrogens with one attached hydrogen (secondary N) is 1. The summed E-state index contributed by atoms with van der Waals surface area (Å²) in [6, 6.07) is 7.48. The molecule has 0 spiro atoms. The molecule has 0 radical (unpaired) electrons. The number of hydrogen-bond acceptors (Lipinski definition) is 3. The van der Waals surface area contributed by atoms with Crippen molar-refractivity contribution in [2.45, 2.75) is 6.92 Å². The second kappa shape index (κ2) is 4.53. The van der Waals surface area contributed by atoms with Gasteiger partial charge in [-0.05, 0) is 18.2 Å². The fraction of sp³-hybridized carbons (Fsp3) is 0.273. The number of amidine groups is 1. The lowest BCUT2D eigenvalue weighted by atomic mass is 10.1. The molecule has 84 valence electrons. The Bertz CT molecular complexity index is 433. The van der Waals surface area contributed by atoms with Crippen molar-refractivity contribution in [2.75, 3.05) is 11.6 Å². The fourth-order valence-corrected chi connectivity index (χ4v) is 1.83. The van der Waals surface area contributed by atoms with Gasteiger partial charge < -0.3 is 5.32 Å². The minimum atomic E-state index is 0.212. The van der Waals surface area contributed by atoms with Gasteiger partial charge in [0.15, 0.2) is 0 Å². The highest BCUT2D eigenvalue weighted by Gasteiger charge is 2.23. The molecule has 16 heavy (non-hydrogen) atoms. The van der Waals surface area contributed by atoms with Crippen LogP contribution in [-0.2, 0) is 4.79 Å². The van der Waals surface area contributed by atoms with E-state index in [-0.39, 0.29) is 5.92 Å². The first-order chi connectivity index (χ1) is 7.70. The highest BCUT2D eigenvalue weighted by Crippen LogP contribution is 2.24. The molecule has 2 rings (SSSR count). The van der Waals surface area contributed by atoms with Gasteiger partial charge in [0.05, 0.1) is 12.2 Å². The minimum Gasteiger partial charge on any atom is -0.315 e. The van der Waals surface area contributed by atoms with Crippen molar-refractivity contribution in [2.24, 2.45) is 11.0 Å². The zero-order valence-corrected chi connectivity index (χ0v) is 9.61. The third kappa shape index (κ3) is 2.17. The Kier molecular flexibility index (Phi) is 3.10. The summed E-state index contributed by atoms with van der Waals surface area (Å²) in [5.74, 6) is 0.902. The molecule has 0 saturated heterocycles. The smallest absolute Gasteiger partial charge is 0.212 e. The molecule has 1 aromatic rings. The van der Waals surface area contributed by atoms with Gasteiger partial charge >= 0.3 is 0 Å². The zero-order chi connectivity index (χ0) is 11.5. The van der Waals surface area contributed by atoms with Crippen LogP contribution in [0, 0.1) is 5.92 Å². The molecule has 0 aromatic heterocycles. The number of hydrazone groups is 1. The zero-order valence-electron chi connectivity index (χ0n) is 8.85. The molecule has 1 unspecified atom stereocenters. The molecule has 0 bridgehead atoms. The molecule has 1 N–H and O–H groups in total. The summed E-state index contributed by atoms with van der Waals surface area (Å²) in [5, 5.41) is 9.44. The lowest BCUT2D eigenvalue weighted by Crippen LogP contribution is -2.26. The van der Waals surface area contributed by atoms with Crippen molar-refractivity contribution < 1.29 is 4.79 Å². The number of nitrogens with zero attached hydrogens (tertiary/aromatic N) is 2. The van der Waals surface area contributed by atoms with Gasteiger partial charge in [0.2, 0.25) is 6.41 Å². The van der Waals surface area contributed by atoms with Gasteiger partial charge in [0.25, 0.3) is 0 Å². The van der Waals surface area contributed by atoms with Crippen molar-refractivity contribution in [3.05, 3.63) is 29.3 Å². The quantitative estimate of drug-likeness (QED) is 0.798. The third-order valence-corrected chi connectivity index (χ3v) is 2.69. The Morgan fingerprint density at radius 1 is 1.62 bits per heavy atom. The molecular formula is C11H12ClN3O. The first kappa shape index (κ1) is 11.0. The van der Waals surface area contributed by atoms with Crippen molar-refractivity contribution in [3.8, 4) is 0 Å². The maximum absolute atomic E-state index is 10.4. The predicted molar refractivity (Wildman–Crippen MR) is 64.6 cm³/mol. The third-order valence-electron chi connectivity index (χ3n) is 2.46. The number of anilines is 1. The van der Waals surface area contributed by atoms with Gasteiger partial charge in [0.1, 0.15) is 5.84 Å². The highest BCUT2D eigenvalue weighted by atomic mass is 35.5. The molecule has 0 saturated carbocycles. The van der Waals surface area contributed by atoms with Crippen LogP contribution in [0.25, 0.3) is 0 Å². The van der Waals surface area contributed by atoms with Gasteiger partial charge in [0, 0.05) is 10.9 Å². The molecule has 1 aromatic carbocycles. The summed E-state index contributed by atoms with van der Waals surface area (Å²) in [4.78, 5) is 10.4. The first-order valence-electron chi connectivity index (χ1n) is 5.02. The van der Waals surface area contributed by atoms with E-state index in [1.165, 1.54) is 0 Å². The molecule has 1 atom stereocenters. The topological polar surface area (TPSA) is 44.7 Å². The number of rotatable bonds is 2. The standard InChI is InChI=1S/C11H12ClN3O/c1-8-6-15(14-11(8)13-7-16)10-4-2-3-9(12)5-10/h2-5,7-8H,6H2,1H3,(H,13,14,16). The van der Waals surface area contributed by atoms with E-state index in [1.54, 1.807) is 0 Å². The number of amides is 1. The van der Waals surface area contributed by atoms with Gasteiger partial charge in [-0.1, -0.05) is 24.6 Å². The van der Waals surface area contributed by atoms with E-state index in [0.29, 0.717) is 17.3 Å². The fourth-order valence-electron chi connectivity index (χ4n) is 1.65. The highest BCUT2D eigenvalue weighted by molar-refractivity contribution is 6.30. The predicted octanol–water partition coefficient (Wildman–Crippen LogP) is 1.86. The molecule has 1 aliphatic rings. The van der Waals surface area contributed by atoms with Crippen LogP contribution < -0.4 is 10.3 Å². The van der Waals surface area contributed by atoms with E-state index in [4.69, 9.17) is 11.6 Å². The number of halogens is 1. The first-order valence-corrected chi connectivity index (χ1v) is 5.40. The molecule has 1 amide bonds. The van der Waals surface area contributed by atoms with Crippen molar-refractivity contribution in [1.82, 2.24) is 5.32 Å². The Hall–Kier alpha value is -1.55. The van der Waals surface area contributed by atoms with E-state index in [2.05, 4.69) is 10.4 Å². The average molecular weight is 238 g/mol. The lowest BCUT2D eigenvalue weighted by Gasteiger charge is -2.14. The summed E-state index contributed by atoms with van der Waals surface area (Å²) in [6.07, 6.45) is 0.650. The second-order valence-electron chi connectivity index (χ2n) is 3.71. The molecule has 4 nitrogen and oxygen atoms in total. The van der Waals surface area contributed by atoms with Crippen LogP contribution in [0.4, 0.5) is 5.69 Å². The number of carbonyl (C=O) groups excluding carboxylic acids is 1. The largest absolute Gasteiger partial charge is 0.315 e. The monoisotopic (exact) mass is 237 g/mol. The maximum Gasteiger partial charge on any atom is 0.212 e. The van der Waals surface area contributed by atoms with E-state index in [1.807, 2.05) is 36.2 Å². The van der Waals surface area contributed by atoms with Crippen LogP contribution in [0.15, 0.2) is 29.4 Å². The van der Waals surface area contributed by atoms with Crippen molar-refractivity contribution in [1.29, 1.82) is 0 Å². The number of benzene rings is 1. The summed E-state index contributed by atoms with van der Waals surface area (Å²) in [5.41, 5.74) is 0.932. The normalized spacial score (nSPS) is 19.5. The van der Waals surface area contributed by atoms with Crippen LogP contribution in [0.1, 0.15) is 6.92 Å². The Morgan fingerprint density at radius 3 is 3.12 bits per heavy atom. The second-order valence-corrected chi connectivity index (χ2v) is 4.15. The Morgan fingerprint density at radius 2 is 2.44 bits per heavy atom. The summed E-state index contributed by atoms with van der Waals surface area (Å²) in [6.45, 7) is 2.76. The van der Waals surface area contributed by atoms with Crippen molar-refractivity contribution >= 4 is 29.5 Å². The van der Waals surface area contributed by atoms with E-state index < -0.39 is 0 Å². The molecule has 5 heteroatoms. The van der Waals surface area contributed by atoms with Crippen LogP contribution in [0.2, 0.25) is 5.02 Å². The number of carbonyl (C=O) groups is 1. The van der Waals surface area contributed by atoms with Crippen LogP contribution in [0.5, 0.6) is 0 Å². The Balaban J connectivity index is 2.21.